The number of hydrogen-bond acceptors (Lipinski definition) is 3. The van der Waals surface area contributed by atoms with Gasteiger partial charge in [-0.15, -0.1) is 0 Å². The molecule has 0 radical (unpaired) electrons. The summed E-state index contributed by atoms with van der Waals surface area (Å²) in [6.07, 6.45) is 0. The zero-order chi connectivity index (χ0) is 11.9. The highest BCUT2D eigenvalue weighted by atomic mass is 32.2. The third-order valence-corrected chi connectivity index (χ3v) is 4.95. The van der Waals surface area contributed by atoms with Crippen LogP contribution in [0, 0.1) is 11.8 Å². The largest absolute Gasteiger partial charge is 0.316 e. The normalized spacial score (nSPS) is 31.2. The fraction of sp³-hybridized carbons (Fsp3) is 0.500. The molecule has 1 aliphatic heterocycles. The second kappa shape index (κ2) is 4.08. The van der Waals surface area contributed by atoms with E-state index in [1.807, 2.05) is 30.3 Å². The second-order valence-electron chi connectivity index (χ2n) is 4.87. The molecule has 2 unspecified atom stereocenters. The van der Waals surface area contributed by atoms with Gasteiger partial charge >= 0.3 is 0 Å². The Hall–Kier alpha value is -0.910. The van der Waals surface area contributed by atoms with Gasteiger partial charge in [0.15, 0.2) is 0 Å². The van der Waals surface area contributed by atoms with Gasteiger partial charge in [0.2, 0.25) is 10.0 Å². The van der Waals surface area contributed by atoms with E-state index in [0.717, 1.165) is 18.7 Å². The van der Waals surface area contributed by atoms with Crippen LogP contribution in [0.25, 0.3) is 0 Å². The predicted octanol–water partition coefficient (Wildman–Crippen LogP) is 0.324. The zero-order valence-electron chi connectivity index (χ0n) is 9.46. The maximum absolute atomic E-state index is 11.9. The van der Waals surface area contributed by atoms with Crippen LogP contribution in [0.5, 0.6) is 0 Å². The first-order valence-corrected chi connectivity index (χ1v) is 7.55. The van der Waals surface area contributed by atoms with Gasteiger partial charge in [0, 0.05) is 6.04 Å². The molecule has 92 valence electrons. The fourth-order valence-electron chi connectivity index (χ4n) is 2.64. The number of hydrogen-bond donors (Lipinski definition) is 2. The molecule has 2 N–H and O–H groups in total. The van der Waals surface area contributed by atoms with Crippen LogP contribution in [0.2, 0.25) is 0 Å². The molecule has 1 heterocycles. The average molecular weight is 252 g/mol. The van der Waals surface area contributed by atoms with Gasteiger partial charge in [-0.2, -0.15) is 0 Å². The molecule has 2 fully saturated rings. The van der Waals surface area contributed by atoms with Crippen LogP contribution in [0.1, 0.15) is 5.56 Å². The van der Waals surface area contributed by atoms with Crippen molar-refractivity contribution in [1.82, 2.24) is 10.0 Å². The SMILES string of the molecule is O=S(=O)(Cc1ccccc1)NC1C2CNCC21. The molecule has 0 bridgehead atoms. The fourth-order valence-corrected chi connectivity index (χ4v) is 4.11. The van der Waals surface area contributed by atoms with Gasteiger partial charge in [-0.25, -0.2) is 13.1 Å². The van der Waals surface area contributed by atoms with Crippen molar-refractivity contribution in [2.75, 3.05) is 13.1 Å². The van der Waals surface area contributed by atoms with E-state index < -0.39 is 10.0 Å². The minimum atomic E-state index is -3.19. The van der Waals surface area contributed by atoms with Crippen molar-refractivity contribution in [3.8, 4) is 0 Å². The van der Waals surface area contributed by atoms with Crippen LogP contribution >= 0.6 is 0 Å². The molecule has 1 aromatic rings. The van der Waals surface area contributed by atoms with E-state index in [1.54, 1.807) is 0 Å². The summed E-state index contributed by atoms with van der Waals surface area (Å²) in [4.78, 5) is 0. The smallest absolute Gasteiger partial charge is 0.216 e. The van der Waals surface area contributed by atoms with Crippen molar-refractivity contribution in [3.63, 3.8) is 0 Å². The molecular weight excluding hydrogens is 236 g/mol. The molecule has 4 nitrogen and oxygen atoms in total. The van der Waals surface area contributed by atoms with E-state index in [2.05, 4.69) is 10.0 Å². The van der Waals surface area contributed by atoms with Gasteiger partial charge in [0.05, 0.1) is 5.75 Å². The summed E-state index contributed by atoms with van der Waals surface area (Å²) in [5.41, 5.74) is 0.837. The summed E-state index contributed by atoms with van der Waals surface area (Å²) in [5, 5.41) is 3.25. The molecule has 1 saturated carbocycles. The van der Waals surface area contributed by atoms with Gasteiger partial charge in [0.25, 0.3) is 0 Å². The third kappa shape index (κ3) is 2.36. The second-order valence-corrected chi connectivity index (χ2v) is 6.63. The lowest BCUT2D eigenvalue weighted by Gasteiger charge is -2.08. The Bertz CT molecular complexity index is 490. The van der Waals surface area contributed by atoms with Crippen molar-refractivity contribution < 1.29 is 8.42 Å². The molecule has 1 aliphatic carbocycles. The molecule has 17 heavy (non-hydrogen) atoms. The number of piperidine rings is 1. The highest BCUT2D eigenvalue weighted by Crippen LogP contribution is 2.42. The highest BCUT2D eigenvalue weighted by Gasteiger charge is 2.54. The van der Waals surface area contributed by atoms with Gasteiger partial charge in [-0.3, -0.25) is 0 Å². The summed E-state index contributed by atoms with van der Waals surface area (Å²) in [6, 6.07) is 9.47. The number of sulfonamides is 1. The molecule has 2 aliphatic rings. The van der Waals surface area contributed by atoms with Crippen molar-refractivity contribution in [3.05, 3.63) is 35.9 Å². The highest BCUT2D eigenvalue weighted by molar-refractivity contribution is 7.88. The van der Waals surface area contributed by atoms with Gasteiger partial charge in [-0.1, -0.05) is 30.3 Å². The van der Waals surface area contributed by atoms with Crippen molar-refractivity contribution in [2.45, 2.75) is 11.8 Å². The van der Waals surface area contributed by atoms with Crippen molar-refractivity contribution in [1.29, 1.82) is 0 Å². The summed E-state index contributed by atoms with van der Waals surface area (Å²) in [7, 11) is -3.19. The number of fused-ring (bicyclic) bond motifs is 1. The first kappa shape index (κ1) is 11.2. The zero-order valence-corrected chi connectivity index (χ0v) is 10.3. The predicted molar refractivity (Wildman–Crippen MR) is 65.8 cm³/mol. The van der Waals surface area contributed by atoms with Crippen molar-refractivity contribution >= 4 is 10.0 Å². The maximum atomic E-state index is 11.9. The third-order valence-electron chi connectivity index (χ3n) is 3.61. The number of nitrogens with one attached hydrogen (secondary N) is 2. The summed E-state index contributed by atoms with van der Waals surface area (Å²) in [5.74, 6) is 1.11. The van der Waals surface area contributed by atoms with Crippen LogP contribution in [0.3, 0.4) is 0 Å². The van der Waals surface area contributed by atoms with Gasteiger partial charge in [0.1, 0.15) is 0 Å². The molecule has 0 aromatic heterocycles. The molecule has 1 saturated heterocycles. The molecule has 2 atom stereocenters. The van der Waals surface area contributed by atoms with Gasteiger partial charge < -0.3 is 5.32 Å². The molecule has 0 spiro atoms. The number of rotatable bonds is 4. The first-order valence-electron chi connectivity index (χ1n) is 5.90. The Labute approximate surface area is 101 Å². The summed E-state index contributed by atoms with van der Waals surface area (Å²) < 4.78 is 26.7. The van der Waals surface area contributed by atoms with Gasteiger partial charge in [-0.05, 0) is 30.5 Å². The lowest BCUT2D eigenvalue weighted by Crippen LogP contribution is -2.33. The molecule has 1 aromatic carbocycles. The van der Waals surface area contributed by atoms with E-state index in [4.69, 9.17) is 0 Å². The Morgan fingerprint density at radius 1 is 1.18 bits per heavy atom. The first-order chi connectivity index (χ1) is 8.16. The van der Waals surface area contributed by atoms with Crippen LogP contribution in [-0.4, -0.2) is 27.5 Å². The lowest BCUT2D eigenvalue weighted by atomic mass is 10.2. The van der Waals surface area contributed by atoms with E-state index in [-0.39, 0.29) is 11.8 Å². The summed E-state index contributed by atoms with van der Waals surface area (Å²) >= 11 is 0. The maximum Gasteiger partial charge on any atom is 0.216 e. The number of benzene rings is 1. The van der Waals surface area contributed by atoms with E-state index in [9.17, 15) is 8.42 Å². The molecular formula is C12H16N2O2S. The van der Waals surface area contributed by atoms with E-state index in [0.29, 0.717) is 11.8 Å². The van der Waals surface area contributed by atoms with Crippen LogP contribution in [0.4, 0.5) is 0 Å². The van der Waals surface area contributed by atoms with Crippen molar-refractivity contribution in [2.24, 2.45) is 11.8 Å². The molecule has 0 amide bonds. The monoisotopic (exact) mass is 252 g/mol. The van der Waals surface area contributed by atoms with E-state index in [1.165, 1.54) is 0 Å². The summed E-state index contributed by atoms with van der Waals surface area (Å²) in [6.45, 7) is 1.90. The Kier molecular flexibility index (Phi) is 2.69. The Balaban J connectivity index is 1.63. The van der Waals surface area contributed by atoms with Crippen LogP contribution in [0.15, 0.2) is 30.3 Å². The average Bonchev–Trinajstić information content (AvgIpc) is 2.75. The minimum Gasteiger partial charge on any atom is -0.316 e. The molecule has 5 heteroatoms. The van der Waals surface area contributed by atoms with Crippen LogP contribution in [-0.2, 0) is 15.8 Å². The Morgan fingerprint density at radius 2 is 1.82 bits per heavy atom. The lowest BCUT2D eigenvalue weighted by molar-refractivity contribution is 0.564. The van der Waals surface area contributed by atoms with Crippen LogP contribution < -0.4 is 10.0 Å². The van der Waals surface area contributed by atoms with E-state index >= 15 is 0 Å². The Morgan fingerprint density at radius 3 is 2.47 bits per heavy atom. The molecule has 3 rings (SSSR count). The standard InChI is InChI=1S/C12H16N2O2S/c15-17(16,8-9-4-2-1-3-5-9)14-12-10-6-13-7-11(10)12/h1-5,10-14H,6-8H2. The topological polar surface area (TPSA) is 58.2 Å². The minimum absolute atomic E-state index is 0.0806. The quantitative estimate of drug-likeness (QED) is 0.811.